The summed E-state index contributed by atoms with van der Waals surface area (Å²) in [5.41, 5.74) is 1.19. The lowest BCUT2D eigenvalue weighted by molar-refractivity contribution is 0.0940. The van der Waals surface area contributed by atoms with Crippen LogP contribution < -0.4 is 14.9 Å². The number of carbonyl (C=O) groups excluding carboxylic acids is 2. The predicted molar refractivity (Wildman–Crippen MR) is 116 cm³/mol. The maximum atomic E-state index is 12.7. The van der Waals surface area contributed by atoms with Crippen LogP contribution in [0.4, 0.5) is 11.4 Å². The molecule has 9 heteroatoms. The van der Waals surface area contributed by atoms with Crippen molar-refractivity contribution in [3.05, 3.63) is 58.6 Å². The molecule has 0 radical (unpaired) electrons. The SMILES string of the molecule is CCC(C)NC(=O)c1ccccc1NC(=O)c1ccc(N(C)S(C)(=O)=O)cc1Cl. The van der Waals surface area contributed by atoms with Gasteiger partial charge in [0, 0.05) is 13.1 Å². The zero-order valence-electron chi connectivity index (χ0n) is 16.7. The molecule has 0 aliphatic heterocycles. The summed E-state index contributed by atoms with van der Waals surface area (Å²) in [5, 5.41) is 5.66. The number of rotatable bonds is 7. The van der Waals surface area contributed by atoms with Crippen molar-refractivity contribution >= 4 is 44.8 Å². The van der Waals surface area contributed by atoms with Gasteiger partial charge in [0.25, 0.3) is 11.8 Å². The number of hydrogen-bond acceptors (Lipinski definition) is 4. The number of hydrogen-bond donors (Lipinski definition) is 2. The van der Waals surface area contributed by atoms with Gasteiger partial charge in [-0.1, -0.05) is 30.7 Å². The minimum Gasteiger partial charge on any atom is -0.350 e. The first-order valence-corrected chi connectivity index (χ1v) is 11.2. The molecule has 2 amide bonds. The second-order valence-corrected chi connectivity index (χ2v) is 9.10. The molecule has 0 aliphatic rings. The normalized spacial score (nSPS) is 12.2. The summed E-state index contributed by atoms with van der Waals surface area (Å²) < 4.78 is 24.4. The van der Waals surface area contributed by atoms with E-state index in [9.17, 15) is 18.0 Å². The monoisotopic (exact) mass is 437 g/mol. The summed E-state index contributed by atoms with van der Waals surface area (Å²) in [6.07, 6.45) is 1.85. The van der Waals surface area contributed by atoms with E-state index in [4.69, 9.17) is 11.6 Å². The van der Waals surface area contributed by atoms with Crippen LogP contribution in [0.3, 0.4) is 0 Å². The lowest BCUT2D eigenvalue weighted by Gasteiger charge is -2.18. The van der Waals surface area contributed by atoms with Gasteiger partial charge in [-0.2, -0.15) is 0 Å². The second-order valence-electron chi connectivity index (χ2n) is 6.68. The molecule has 0 saturated heterocycles. The Morgan fingerprint density at radius 3 is 2.34 bits per heavy atom. The fraction of sp³-hybridized carbons (Fsp3) is 0.300. The number of nitrogens with zero attached hydrogens (tertiary/aromatic N) is 1. The first-order chi connectivity index (χ1) is 13.5. The highest BCUT2D eigenvalue weighted by molar-refractivity contribution is 7.92. The molecule has 0 spiro atoms. The van der Waals surface area contributed by atoms with Crippen molar-refractivity contribution in [2.24, 2.45) is 0 Å². The minimum absolute atomic E-state index is 0.0000746. The summed E-state index contributed by atoms with van der Waals surface area (Å²) in [6.45, 7) is 3.86. The summed E-state index contributed by atoms with van der Waals surface area (Å²) in [5.74, 6) is -0.793. The summed E-state index contributed by atoms with van der Waals surface area (Å²) in [6, 6.07) is 11.0. The Morgan fingerprint density at radius 1 is 1.10 bits per heavy atom. The highest BCUT2D eigenvalue weighted by atomic mass is 35.5. The van der Waals surface area contributed by atoms with Crippen LogP contribution in [0.1, 0.15) is 41.0 Å². The van der Waals surface area contributed by atoms with Gasteiger partial charge in [-0.3, -0.25) is 13.9 Å². The Kier molecular flexibility index (Phi) is 7.26. The van der Waals surface area contributed by atoms with Crippen molar-refractivity contribution < 1.29 is 18.0 Å². The van der Waals surface area contributed by atoms with E-state index in [0.29, 0.717) is 16.9 Å². The summed E-state index contributed by atoms with van der Waals surface area (Å²) >= 11 is 6.21. The van der Waals surface area contributed by atoms with Gasteiger partial charge in [-0.05, 0) is 43.7 Å². The van der Waals surface area contributed by atoms with Crippen LogP contribution in [-0.2, 0) is 10.0 Å². The highest BCUT2D eigenvalue weighted by Gasteiger charge is 2.19. The smallest absolute Gasteiger partial charge is 0.257 e. The van der Waals surface area contributed by atoms with Crippen LogP contribution in [0.15, 0.2) is 42.5 Å². The molecule has 0 heterocycles. The maximum absolute atomic E-state index is 12.7. The van der Waals surface area contributed by atoms with E-state index in [2.05, 4.69) is 10.6 Å². The lowest BCUT2D eigenvalue weighted by atomic mass is 10.1. The largest absolute Gasteiger partial charge is 0.350 e. The first-order valence-electron chi connectivity index (χ1n) is 8.99. The van der Waals surface area contributed by atoms with Gasteiger partial charge in [-0.15, -0.1) is 0 Å². The van der Waals surface area contributed by atoms with Gasteiger partial charge in [0.2, 0.25) is 10.0 Å². The van der Waals surface area contributed by atoms with Crippen LogP contribution in [-0.4, -0.2) is 39.6 Å². The van der Waals surface area contributed by atoms with E-state index in [1.807, 2.05) is 13.8 Å². The minimum atomic E-state index is -3.45. The lowest BCUT2D eigenvalue weighted by Crippen LogP contribution is -2.32. The molecule has 2 rings (SSSR count). The molecule has 156 valence electrons. The third-order valence-corrected chi connectivity index (χ3v) is 5.99. The molecule has 7 nitrogen and oxygen atoms in total. The van der Waals surface area contributed by atoms with Crippen LogP contribution >= 0.6 is 11.6 Å². The number of benzene rings is 2. The second kappa shape index (κ2) is 9.28. The molecule has 0 bridgehead atoms. The van der Waals surface area contributed by atoms with E-state index in [1.54, 1.807) is 24.3 Å². The fourth-order valence-corrected chi connectivity index (χ4v) is 3.22. The number of nitrogens with one attached hydrogen (secondary N) is 2. The van der Waals surface area contributed by atoms with Crippen LogP contribution in [0.2, 0.25) is 5.02 Å². The third-order valence-electron chi connectivity index (χ3n) is 4.47. The van der Waals surface area contributed by atoms with Crippen molar-refractivity contribution in [3.8, 4) is 0 Å². The molecule has 2 aromatic carbocycles. The van der Waals surface area contributed by atoms with E-state index in [1.165, 1.54) is 25.2 Å². The molecule has 0 aliphatic carbocycles. The molecule has 29 heavy (non-hydrogen) atoms. The quantitative estimate of drug-likeness (QED) is 0.692. The molecule has 1 atom stereocenters. The zero-order valence-corrected chi connectivity index (χ0v) is 18.3. The van der Waals surface area contributed by atoms with Gasteiger partial charge >= 0.3 is 0 Å². The molecule has 2 aromatic rings. The average Bonchev–Trinajstić information content (AvgIpc) is 2.66. The van der Waals surface area contributed by atoms with Crippen LogP contribution in [0.5, 0.6) is 0 Å². The van der Waals surface area contributed by atoms with Crippen molar-refractivity contribution in [1.29, 1.82) is 0 Å². The number of halogens is 1. The molecule has 0 saturated carbocycles. The number of anilines is 2. The Labute approximate surface area is 176 Å². The van der Waals surface area contributed by atoms with Crippen molar-refractivity contribution in [2.75, 3.05) is 22.9 Å². The Bertz CT molecular complexity index is 1020. The first kappa shape index (κ1) is 22.7. The average molecular weight is 438 g/mol. The van der Waals surface area contributed by atoms with E-state index >= 15 is 0 Å². The van der Waals surface area contributed by atoms with Gasteiger partial charge in [0.05, 0.1) is 33.8 Å². The Balaban J connectivity index is 2.26. The summed E-state index contributed by atoms with van der Waals surface area (Å²) in [7, 11) is -2.06. The molecular formula is C20H24ClN3O4S. The van der Waals surface area contributed by atoms with E-state index in [0.717, 1.165) is 17.0 Å². The number of para-hydroxylation sites is 1. The molecule has 0 fully saturated rings. The van der Waals surface area contributed by atoms with Crippen molar-refractivity contribution in [2.45, 2.75) is 26.3 Å². The highest BCUT2D eigenvalue weighted by Crippen LogP contribution is 2.26. The van der Waals surface area contributed by atoms with E-state index in [-0.39, 0.29) is 22.5 Å². The third kappa shape index (κ3) is 5.71. The van der Waals surface area contributed by atoms with Crippen LogP contribution in [0, 0.1) is 0 Å². The molecule has 0 aromatic heterocycles. The van der Waals surface area contributed by atoms with Crippen LogP contribution in [0.25, 0.3) is 0 Å². The number of amides is 2. The van der Waals surface area contributed by atoms with E-state index < -0.39 is 15.9 Å². The predicted octanol–water partition coefficient (Wildman–Crippen LogP) is 3.52. The van der Waals surface area contributed by atoms with Gasteiger partial charge in [0.1, 0.15) is 0 Å². The molecule has 2 N–H and O–H groups in total. The molecular weight excluding hydrogens is 414 g/mol. The summed E-state index contributed by atoms with van der Waals surface area (Å²) in [4.78, 5) is 25.2. The van der Waals surface area contributed by atoms with Gasteiger partial charge < -0.3 is 10.6 Å². The zero-order chi connectivity index (χ0) is 21.8. The topological polar surface area (TPSA) is 95.6 Å². The van der Waals surface area contributed by atoms with Crippen molar-refractivity contribution in [1.82, 2.24) is 5.32 Å². The maximum Gasteiger partial charge on any atom is 0.257 e. The number of sulfonamides is 1. The fourth-order valence-electron chi connectivity index (χ4n) is 2.46. The van der Waals surface area contributed by atoms with Crippen molar-refractivity contribution in [3.63, 3.8) is 0 Å². The Hall–Kier alpha value is -2.58. The van der Waals surface area contributed by atoms with Gasteiger partial charge in [0.15, 0.2) is 0 Å². The molecule has 1 unspecified atom stereocenters. The standard InChI is InChI=1S/C20H24ClN3O4S/c1-5-13(2)22-20(26)16-8-6-7-9-18(16)23-19(25)15-11-10-14(12-17(15)21)24(3)29(4,27)28/h6-13H,5H2,1-4H3,(H,22,26)(H,23,25). The Morgan fingerprint density at radius 2 is 1.76 bits per heavy atom. The van der Waals surface area contributed by atoms with Gasteiger partial charge in [-0.25, -0.2) is 8.42 Å². The number of carbonyl (C=O) groups is 2.